The third-order valence-corrected chi connectivity index (χ3v) is 2.91. The maximum atomic E-state index is 11.6. The van der Waals surface area contributed by atoms with E-state index in [0.29, 0.717) is 17.9 Å². The molecular formula is C14H16N2O2. The molecule has 0 spiro atoms. The number of rotatable bonds is 3. The van der Waals surface area contributed by atoms with E-state index in [1.807, 2.05) is 6.07 Å². The SMILES string of the molecule is O=C(CC1C=CCC1)NNC(=O)c1ccccc1. The number of allylic oxidation sites excluding steroid dienone is 2. The Morgan fingerprint density at radius 3 is 2.61 bits per heavy atom. The number of benzene rings is 1. The first-order valence-corrected chi connectivity index (χ1v) is 6.06. The molecule has 0 saturated carbocycles. The molecule has 1 aliphatic carbocycles. The Labute approximate surface area is 106 Å². The van der Waals surface area contributed by atoms with Gasteiger partial charge in [0.1, 0.15) is 0 Å². The number of carbonyl (C=O) groups is 2. The average Bonchev–Trinajstić information content (AvgIpc) is 2.90. The van der Waals surface area contributed by atoms with E-state index < -0.39 is 0 Å². The van der Waals surface area contributed by atoms with Crippen molar-refractivity contribution in [1.82, 2.24) is 10.9 Å². The van der Waals surface area contributed by atoms with E-state index >= 15 is 0 Å². The third kappa shape index (κ3) is 3.45. The second-order valence-corrected chi connectivity index (χ2v) is 4.34. The van der Waals surface area contributed by atoms with Crippen LogP contribution in [0.1, 0.15) is 29.6 Å². The molecule has 0 heterocycles. The van der Waals surface area contributed by atoms with Crippen LogP contribution in [0.5, 0.6) is 0 Å². The van der Waals surface area contributed by atoms with Crippen LogP contribution in [-0.4, -0.2) is 11.8 Å². The van der Waals surface area contributed by atoms with Gasteiger partial charge < -0.3 is 0 Å². The number of amides is 2. The number of hydrogen-bond donors (Lipinski definition) is 2. The van der Waals surface area contributed by atoms with Crippen molar-refractivity contribution in [1.29, 1.82) is 0 Å². The average molecular weight is 244 g/mol. The molecule has 2 rings (SSSR count). The summed E-state index contributed by atoms with van der Waals surface area (Å²) in [5.74, 6) is -0.152. The fraction of sp³-hybridized carbons (Fsp3) is 0.286. The van der Waals surface area contributed by atoms with Crippen molar-refractivity contribution in [2.24, 2.45) is 5.92 Å². The Morgan fingerprint density at radius 1 is 1.17 bits per heavy atom. The maximum Gasteiger partial charge on any atom is 0.269 e. The monoisotopic (exact) mass is 244 g/mol. The van der Waals surface area contributed by atoms with Crippen molar-refractivity contribution in [3.63, 3.8) is 0 Å². The van der Waals surface area contributed by atoms with Crippen LogP contribution in [0.2, 0.25) is 0 Å². The highest BCUT2D eigenvalue weighted by atomic mass is 16.2. The van der Waals surface area contributed by atoms with Crippen molar-refractivity contribution in [3.8, 4) is 0 Å². The Bertz CT molecular complexity index is 454. The molecular weight excluding hydrogens is 228 g/mol. The minimum Gasteiger partial charge on any atom is -0.273 e. The fourth-order valence-corrected chi connectivity index (χ4v) is 1.94. The van der Waals surface area contributed by atoms with Gasteiger partial charge in [-0.3, -0.25) is 20.4 Å². The van der Waals surface area contributed by atoms with E-state index in [2.05, 4.69) is 23.0 Å². The summed E-state index contributed by atoms with van der Waals surface area (Å²) in [6.07, 6.45) is 6.61. The molecule has 0 radical (unpaired) electrons. The molecule has 1 unspecified atom stereocenters. The van der Waals surface area contributed by atoms with Crippen molar-refractivity contribution in [2.75, 3.05) is 0 Å². The predicted molar refractivity (Wildman–Crippen MR) is 68.5 cm³/mol. The molecule has 1 aromatic rings. The molecule has 1 atom stereocenters. The van der Waals surface area contributed by atoms with Gasteiger partial charge in [-0.2, -0.15) is 0 Å². The highest BCUT2D eigenvalue weighted by Crippen LogP contribution is 2.19. The smallest absolute Gasteiger partial charge is 0.269 e. The van der Waals surface area contributed by atoms with E-state index in [1.54, 1.807) is 24.3 Å². The zero-order valence-electron chi connectivity index (χ0n) is 10.1. The molecule has 1 aromatic carbocycles. The van der Waals surface area contributed by atoms with Gasteiger partial charge in [0.05, 0.1) is 0 Å². The van der Waals surface area contributed by atoms with Gasteiger partial charge in [-0.1, -0.05) is 30.4 Å². The van der Waals surface area contributed by atoms with Crippen LogP contribution in [0.3, 0.4) is 0 Å². The lowest BCUT2D eigenvalue weighted by Crippen LogP contribution is -2.42. The minimum atomic E-state index is -0.300. The summed E-state index contributed by atoms with van der Waals surface area (Å²) >= 11 is 0. The van der Waals surface area contributed by atoms with E-state index in [9.17, 15) is 9.59 Å². The zero-order valence-corrected chi connectivity index (χ0v) is 10.1. The van der Waals surface area contributed by atoms with Gasteiger partial charge >= 0.3 is 0 Å². The van der Waals surface area contributed by atoms with E-state index in [0.717, 1.165) is 12.8 Å². The molecule has 2 N–H and O–H groups in total. The molecule has 4 nitrogen and oxygen atoms in total. The molecule has 0 bridgehead atoms. The Kier molecular flexibility index (Phi) is 4.12. The van der Waals surface area contributed by atoms with Gasteiger partial charge in [-0.15, -0.1) is 0 Å². The Hall–Kier alpha value is -2.10. The molecule has 0 aromatic heterocycles. The Morgan fingerprint density at radius 2 is 1.94 bits per heavy atom. The van der Waals surface area contributed by atoms with Gasteiger partial charge in [-0.05, 0) is 30.9 Å². The van der Waals surface area contributed by atoms with Crippen molar-refractivity contribution < 1.29 is 9.59 Å². The van der Waals surface area contributed by atoms with Crippen LogP contribution >= 0.6 is 0 Å². The van der Waals surface area contributed by atoms with Gasteiger partial charge in [-0.25, -0.2) is 0 Å². The summed E-state index contributed by atoms with van der Waals surface area (Å²) in [7, 11) is 0. The van der Waals surface area contributed by atoms with Gasteiger partial charge in [0.2, 0.25) is 5.91 Å². The van der Waals surface area contributed by atoms with Crippen molar-refractivity contribution >= 4 is 11.8 Å². The van der Waals surface area contributed by atoms with Crippen LogP contribution in [0, 0.1) is 5.92 Å². The molecule has 0 fully saturated rings. The maximum absolute atomic E-state index is 11.6. The molecule has 2 amide bonds. The second kappa shape index (κ2) is 6.00. The summed E-state index contributed by atoms with van der Waals surface area (Å²) in [5, 5.41) is 0. The minimum absolute atomic E-state index is 0.157. The van der Waals surface area contributed by atoms with Crippen LogP contribution < -0.4 is 10.9 Å². The summed E-state index contributed by atoms with van der Waals surface area (Å²) in [6.45, 7) is 0. The number of nitrogens with one attached hydrogen (secondary N) is 2. The number of carbonyl (C=O) groups excluding carboxylic acids is 2. The van der Waals surface area contributed by atoms with Crippen LogP contribution in [0.25, 0.3) is 0 Å². The fourth-order valence-electron chi connectivity index (χ4n) is 1.94. The number of hydrogen-bond acceptors (Lipinski definition) is 2. The standard InChI is InChI=1S/C14H16N2O2/c17-13(10-11-6-4-5-7-11)15-16-14(18)12-8-2-1-3-9-12/h1-4,6,8-9,11H,5,7,10H2,(H,15,17)(H,16,18). The third-order valence-electron chi connectivity index (χ3n) is 2.91. The first-order chi connectivity index (χ1) is 8.75. The lowest BCUT2D eigenvalue weighted by atomic mass is 10.1. The van der Waals surface area contributed by atoms with E-state index in [-0.39, 0.29) is 11.8 Å². The largest absolute Gasteiger partial charge is 0.273 e. The second-order valence-electron chi connectivity index (χ2n) is 4.34. The summed E-state index contributed by atoms with van der Waals surface area (Å²) in [5.41, 5.74) is 5.37. The lowest BCUT2D eigenvalue weighted by molar-refractivity contribution is -0.122. The van der Waals surface area contributed by atoms with Crippen molar-refractivity contribution in [2.45, 2.75) is 19.3 Å². The van der Waals surface area contributed by atoms with Crippen LogP contribution in [0.15, 0.2) is 42.5 Å². The molecule has 94 valence electrons. The number of hydrazine groups is 1. The molecule has 0 saturated heterocycles. The van der Waals surface area contributed by atoms with Crippen molar-refractivity contribution in [3.05, 3.63) is 48.0 Å². The van der Waals surface area contributed by atoms with Crippen LogP contribution in [0.4, 0.5) is 0 Å². The highest BCUT2D eigenvalue weighted by molar-refractivity contribution is 5.95. The lowest BCUT2D eigenvalue weighted by Gasteiger charge is -2.09. The molecule has 1 aliphatic rings. The Balaban J connectivity index is 1.75. The highest BCUT2D eigenvalue weighted by Gasteiger charge is 2.14. The predicted octanol–water partition coefficient (Wildman–Crippen LogP) is 1.80. The topological polar surface area (TPSA) is 58.2 Å². The summed E-state index contributed by atoms with van der Waals surface area (Å²) in [4.78, 5) is 23.2. The summed E-state index contributed by atoms with van der Waals surface area (Å²) < 4.78 is 0. The van der Waals surface area contributed by atoms with E-state index in [1.165, 1.54) is 0 Å². The van der Waals surface area contributed by atoms with Gasteiger partial charge in [0.15, 0.2) is 0 Å². The zero-order chi connectivity index (χ0) is 12.8. The first kappa shape index (κ1) is 12.4. The molecule has 4 heteroatoms. The quantitative estimate of drug-likeness (QED) is 0.629. The normalized spacial score (nSPS) is 17.4. The first-order valence-electron chi connectivity index (χ1n) is 6.06. The molecule has 18 heavy (non-hydrogen) atoms. The van der Waals surface area contributed by atoms with Gasteiger partial charge in [0, 0.05) is 12.0 Å². The molecule has 0 aliphatic heterocycles. The van der Waals surface area contributed by atoms with Gasteiger partial charge in [0.25, 0.3) is 5.91 Å². The van der Waals surface area contributed by atoms with Crippen LogP contribution in [-0.2, 0) is 4.79 Å². The summed E-state index contributed by atoms with van der Waals surface area (Å²) in [6, 6.07) is 8.78. The van der Waals surface area contributed by atoms with E-state index in [4.69, 9.17) is 0 Å².